The molecule has 0 aliphatic carbocycles. The van der Waals surface area contributed by atoms with Crippen molar-refractivity contribution >= 4 is 11.6 Å². The van der Waals surface area contributed by atoms with Gasteiger partial charge in [0.15, 0.2) is 0 Å². The van der Waals surface area contributed by atoms with Gasteiger partial charge in [-0.25, -0.2) is 0 Å². The molecule has 0 spiro atoms. The maximum Gasteiger partial charge on any atom is 0.251 e. The smallest absolute Gasteiger partial charge is 0.251 e. The van der Waals surface area contributed by atoms with Crippen LogP contribution in [0.5, 0.6) is 0 Å². The van der Waals surface area contributed by atoms with Gasteiger partial charge >= 0.3 is 0 Å². The minimum atomic E-state index is 0.0257. The standard InChI is InChI=1S/C19H32N4O/c1-21(2)18-9-7-8-17(16-18)19(24)20-10-5-4-6-11-23-14-12-22(3)13-15-23/h7-9,16H,4-6,10-15H2,1-3H3,(H,20,24). The van der Waals surface area contributed by atoms with Gasteiger partial charge in [-0.2, -0.15) is 0 Å². The summed E-state index contributed by atoms with van der Waals surface area (Å²) in [5, 5.41) is 3.03. The molecule has 5 nitrogen and oxygen atoms in total. The molecule has 1 saturated heterocycles. The highest BCUT2D eigenvalue weighted by atomic mass is 16.1. The second-order valence-electron chi connectivity index (χ2n) is 6.91. The van der Waals surface area contributed by atoms with E-state index in [0.29, 0.717) is 0 Å². The Labute approximate surface area is 146 Å². The number of carbonyl (C=O) groups excluding carboxylic acids is 1. The number of likely N-dealkylation sites (N-methyl/N-ethyl adjacent to an activating group) is 1. The molecule has 1 amide bonds. The first-order valence-electron chi connectivity index (χ1n) is 9.03. The van der Waals surface area contributed by atoms with Crippen LogP contribution in [-0.2, 0) is 0 Å². The summed E-state index contributed by atoms with van der Waals surface area (Å²) < 4.78 is 0. The molecule has 1 aromatic carbocycles. The lowest BCUT2D eigenvalue weighted by atomic mass is 10.1. The Balaban J connectivity index is 1.58. The molecule has 24 heavy (non-hydrogen) atoms. The van der Waals surface area contributed by atoms with E-state index in [1.165, 1.54) is 45.6 Å². The predicted octanol–water partition coefficient (Wildman–Crippen LogP) is 1.90. The Morgan fingerprint density at radius 2 is 1.88 bits per heavy atom. The average molecular weight is 332 g/mol. The number of hydrogen-bond donors (Lipinski definition) is 1. The van der Waals surface area contributed by atoms with Crippen LogP contribution in [0.1, 0.15) is 29.6 Å². The molecule has 1 aromatic rings. The highest BCUT2D eigenvalue weighted by molar-refractivity contribution is 5.95. The number of piperazine rings is 1. The molecule has 2 rings (SSSR count). The lowest BCUT2D eigenvalue weighted by Crippen LogP contribution is -2.44. The largest absolute Gasteiger partial charge is 0.378 e. The van der Waals surface area contributed by atoms with Crippen LogP contribution in [-0.4, -0.2) is 76.1 Å². The predicted molar refractivity (Wildman–Crippen MR) is 101 cm³/mol. The summed E-state index contributed by atoms with van der Waals surface area (Å²) in [4.78, 5) is 19.1. The van der Waals surface area contributed by atoms with E-state index >= 15 is 0 Å². The number of hydrogen-bond acceptors (Lipinski definition) is 4. The second-order valence-corrected chi connectivity index (χ2v) is 6.91. The fraction of sp³-hybridized carbons (Fsp3) is 0.632. The fourth-order valence-electron chi connectivity index (χ4n) is 2.94. The van der Waals surface area contributed by atoms with Gasteiger partial charge in [-0.1, -0.05) is 12.5 Å². The molecule has 0 atom stereocenters. The number of anilines is 1. The van der Waals surface area contributed by atoms with Gasteiger partial charge in [0, 0.05) is 58.1 Å². The second kappa shape index (κ2) is 9.64. The molecular formula is C19H32N4O. The monoisotopic (exact) mass is 332 g/mol. The van der Waals surface area contributed by atoms with Crippen LogP contribution in [0.3, 0.4) is 0 Å². The van der Waals surface area contributed by atoms with E-state index < -0.39 is 0 Å². The van der Waals surface area contributed by atoms with Gasteiger partial charge < -0.3 is 20.0 Å². The maximum atomic E-state index is 12.2. The zero-order valence-electron chi connectivity index (χ0n) is 15.4. The Bertz CT molecular complexity index is 510. The first-order chi connectivity index (χ1) is 11.6. The van der Waals surface area contributed by atoms with Crippen LogP contribution in [0, 0.1) is 0 Å². The van der Waals surface area contributed by atoms with Crippen molar-refractivity contribution in [3.63, 3.8) is 0 Å². The van der Waals surface area contributed by atoms with Crippen molar-refractivity contribution in [2.75, 3.05) is 65.3 Å². The number of amides is 1. The van der Waals surface area contributed by atoms with Crippen LogP contribution in [0.15, 0.2) is 24.3 Å². The van der Waals surface area contributed by atoms with Crippen LogP contribution >= 0.6 is 0 Å². The Kier molecular flexibility index (Phi) is 7.53. The molecule has 134 valence electrons. The summed E-state index contributed by atoms with van der Waals surface area (Å²) in [6, 6.07) is 7.74. The number of rotatable bonds is 8. The summed E-state index contributed by atoms with van der Waals surface area (Å²) in [6.07, 6.45) is 3.44. The molecule has 1 fully saturated rings. The van der Waals surface area contributed by atoms with E-state index in [9.17, 15) is 4.79 Å². The SMILES string of the molecule is CN1CCN(CCCCCNC(=O)c2cccc(N(C)C)c2)CC1. The van der Waals surface area contributed by atoms with Gasteiger partial charge in [-0.15, -0.1) is 0 Å². The third kappa shape index (κ3) is 6.13. The van der Waals surface area contributed by atoms with Crippen LogP contribution in [0.25, 0.3) is 0 Å². The van der Waals surface area contributed by atoms with Gasteiger partial charge in [-0.05, 0) is 44.6 Å². The van der Waals surface area contributed by atoms with E-state index in [4.69, 9.17) is 0 Å². The number of unbranched alkanes of at least 4 members (excludes halogenated alkanes) is 2. The molecule has 0 aromatic heterocycles. The van der Waals surface area contributed by atoms with Gasteiger partial charge in [0.1, 0.15) is 0 Å². The van der Waals surface area contributed by atoms with Gasteiger partial charge in [0.05, 0.1) is 0 Å². The molecule has 1 aliphatic rings. The molecule has 0 saturated carbocycles. The topological polar surface area (TPSA) is 38.8 Å². The van der Waals surface area contributed by atoms with Crippen LogP contribution < -0.4 is 10.2 Å². The van der Waals surface area contributed by atoms with Crippen molar-refractivity contribution in [1.29, 1.82) is 0 Å². The lowest BCUT2D eigenvalue weighted by molar-refractivity contribution is 0.0952. The molecule has 0 unspecified atom stereocenters. The normalized spacial score (nSPS) is 16.1. The first kappa shape index (κ1) is 18.7. The van der Waals surface area contributed by atoms with Crippen molar-refractivity contribution in [1.82, 2.24) is 15.1 Å². The van der Waals surface area contributed by atoms with E-state index in [2.05, 4.69) is 22.2 Å². The summed E-state index contributed by atoms with van der Waals surface area (Å²) in [6.45, 7) is 6.69. The van der Waals surface area contributed by atoms with E-state index in [1.807, 2.05) is 43.3 Å². The lowest BCUT2D eigenvalue weighted by Gasteiger charge is -2.32. The first-order valence-corrected chi connectivity index (χ1v) is 9.03. The van der Waals surface area contributed by atoms with Gasteiger partial charge in [0.25, 0.3) is 5.91 Å². The summed E-state index contributed by atoms with van der Waals surface area (Å²) in [7, 11) is 6.16. The Morgan fingerprint density at radius 3 is 2.58 bits per heavy atom. The number of nitrogens with one attached hydrogen (secondary N) is 1. The fourth-order valence-corrected chi connectivity index (χ4v) is 2.94. The van der Waals surface area contributed by atoms with Crippen molar-refractivity contribution in [2.24, 2.45) is 0 Å². The van der Waals surface area contributed by atoms with Crippen molar-refractivity contribution in [3.8, 4) is 0 Å². The van der Waals surface area contributed by atoms with Gasteiger partial charge in [-0.3, -0.25) is 4.79 Å². The molecule has 1 N–H and O–H groups in total. The highest BCUT2D eigenvalue weighted by Gasteiger charge is 2.12. The van der Waals surface area contributed by atoms with Crippen LogP contribution in [0.4, 0.5) is 5.69 Å². The molecule has 5 heteroatoms. The average Bonchev–Trinajstić information content (AvgIpc) is 2.59. The minimum Gasteiger partial charge on any atom is -0.378 e. The number of carbonyl (C=O) groups is 1. The molecule has 1 heterocycles. The zero-order valence-corrected chi connectivity index (χ0v) is 15.4. The molecular weight excluding hydrogens is 300 g/mol. The molecule has 0 bridgehead atoms. The number of nitrogens with zero attached hydrogens (tertiary/aromatic N) is 3. The van der Waals surface area contributed by atoms with Crippen molar-refractivity contribution in [3.05, 3.63) is 29.8 Å². The highest BCUT2D eigenvalue weighted by Crippen LogP contribution is 2.13. The van der Waals surface area contributed by atoms with Crippen molar-refractivity contribution in [2.45, 2.75) is 19.3 Å². The third-order valence-corrected chi connectivity index (χ3v) is 4.66. The zero-order chi connectivity index (χ0) is 17.4. The summed E-state index contributed by atoms with van der Waals surface area (Å²) in [5.74, 6) is 0.0257. The summed E-state index contributed by atoms with van der Waals surface area (Å²) in [5.41, 5.74) is 1.79. The quantitative estimate of drug-likeness (QED) is 0.738. The Hall–Kier alpha value is -1.59. The van der Waals surface area contributed by atoms with E-state index in [-0.39, 0.29) is 5.91 Å². The number of benzene rings is 1. The van der Waals surface area contributed by atoms with E-state index in [1.54, 1.807) is 0 Å². The maximum absolute atomic E-state index is 12.2. The molecule has 1 aliphatic heterocycles. The Morgan fingerprint density at radius 1 is 1.12 bits per heavy atom. The minimum absolute atomic E-state index is 0.0257. The van der Waals surface area contributed by atoms with Crippen LogP contribution in [0.2, 0.25) is 0 Å². The molecule has 0 radical (unpaired) electrons. The summed E-state index contributed by atoms with van der Waals surface area (Å²) >= 11 is 0. The van der Waals surface area contributed by atoms with Gasteiger partial charge in [0.2, 0.25) is 0 Å². The van der Waals surface area contributed by atoms with Crippen molar-refractivity contribution < 1.29 is 4.79 Å². The van der Waals surface area contributed by atoms with E-state index in [0.717, 1.165) is 24.2 Å². The third-order valence-electron chi connectivity index (χ3n) is 4.66.